The molecule has 0 N–H and O–H groups in total. The van der Waals surface area contributed by atoms with Gasteiger partial charge in [-0.2, -0.15) is 0 Å². The Morgan fingerprint density at radius 1 is 1.00 bits per heavy atom. The summed E-state index contributed by atoms with van der Waals surface area (Å²) in [5.41, 5.74) is 8.15. The molecule has 0 spiro atoms. The molecule has 4 aromatic rings. The SMILES string of the molecule is CCc1c(-c2ccc(C3(C)OCCO3)cc2)n(COCC[Si](C)(C)C)c2ncc(/C=C/c3ccccc3)nc12. The molecule has 1 aliphatic rings. The molecule has 2 aromatic heterocycles. The molecule has 39 heavy (non-hydrogen) atoms. The van der Waals surface area contributed by atoms with Gasteiger partial charge in [0.05, 0.1) is 30.8 Å². The molecule has 1 aliphatic heterocycles. The second kappa shape index (κ2) is 11.6. The number of ether oxygens (including phenoxy) is 3. The summed E-state index contributed by atoms with van der Waals surface area (Å²) < 4.78 is 20.2. The summed E-state index contributed by atoms with van der Waals surface area (Å²) in [6, 6.07) is 19.9. The van der Waals surface area contributed by atoms with Crippen LogP contribution in [0, 0.1) is 0 Å². The van der Waals surface area contributed by atoms with Crippen molar-refractivity contribution in [2.45, 2.75) is 58.5 Å². The Morgan fingerprint density at radius 2 is 1.72 bits per heavy atom. The largest absolute Gasteiger partial charge is 0.361 e. The van der Waals surface area contributed by atoms with Crippen molar-refractivity contribution in [2.24, 2.45) is 0 Å². The third-order valence-electron chi connectivity index (χ3n) is 7.21. The summed E-state index contributed by atoms with van der Waals surface area (Å²) in [5, 5.41) is 0. The first-order valence-corrected chi connectivity index (χ1v) is 17.6. The Labute approximate surface area is 232 Å². The molecule has 0 atom stereocenters. The molecule has 0 amide bonds. The summed E-state index contributed by atoms with van der Waals surface area (Å²) in [4.78, 5) is 9.97. The van der Waals surface area contributed by atoms with E-state index in [1.807, 2.05) is 37.4 Å². The second-order valence-electron chi connectivity index (χ2n) is 11.4. The van der Waals surface area contributed by atoms with Crippen LogP contribution in [0.2, 0.25) is 25.7 Å². The highest BCUT2D eigenvalue weighted by molar-refractivity contribution is 6.76. The van der Waals surface area contributed by atoms with Gasteiger partial charge >= 0.3 is 0 Å². The Kier molecular flexibility index (Phi) is 8.14. The van der Waals surface area contributed by atoms with Gasteiger partial charge in [-0.15, -0.1) is 0 Å². The number of benzene rings is 2. The van der Waals surface area contributed by atoms with Crippen molar-refractivity contribution in [3.05, 3.63) is 83.2 Å². The van der Waals surface area contributed by atoms with Crippen LogP contribution in [0.15, 0.2) is 60.8 Å². The van der Waals surface area contributed by atoms with Gasteiger partial charge in [-0.3, -0.25) is 4.57 Å². The molecule has 0 bridgehead atoms. The van der Waals surface area contributed by atoms with Crippen LogP contribution in [0.25, 0.3) is 34.6 Å². The van der Waals surface area contributed by atoms with E-state index in [1.165, 1.54) is 5.56 Å². The molecule has 5 rings (SSSR count). The predicted octanol–water partition coefficient (Wildman–Crippen LogP) is 7.36. The minimum Gasteiger partial charge on any atom is -0.361 e. The van der Waals surface area contributed by atoms with Crippen molar-refractivity contribution in [1.82, 2.24) is 14.5 Å². The molecule has 1 fully saturated rings. The van der Waals surface area contributed by atoms with Crippen molar-refractivity contribution >= 4 is 31.4 Å². The van der Waals surface area contributed by atoms with Crippen LogP contribution < -0.4 is 0 Å². The molecular formula is C32H39N3O3Si. The molecular weight excluding hydrogens is 502 g/mol. The lowest BCUT2D eigenvalue weighted by Gasteiger charge is -2.23. The van der Waals surface area contributed by atoms with Crippen LogP contribution in [0.4, 0.5) is 0 Å². The van der Waals surface area contributed by atoms with Gasteiger partial charge in [-0.05, 0) is 36.6 Å². The Bertz CT molecular complexity index is 1430. The zero-order valence-corrected chi connectivity index (χ0v) is 24.7. The van der Waals surface area contributed by atoms with Crippen molar-refractivity contribution in [3.8, 4) is 11.3 Å². The minimum atomic E-state index is -1.19. The molecule has 1 saturated heterocycles. The quantitative estimate of drug-likeness (QED) is 0.155. The Hall–Kier alpha value is -3.10. The maximum atomic E-state index is 6.26. The maximum Gasteiger partial charge on any atom is 0.192 e. The number of fused-ring (bicyclic) bond motifs is 1. The maximum absolute atomic E-state index is 6.26. The minimum absolute atomic E-state index is 0.440. The highest BCUT2D eigenvalue weighted by Crippen LogP contribution is 2.36. The van der Waals surface area contributed by atoms with Crippen LogP contribution in [0.5, 0.6) is 0 Å². The number of hydrogen-bond donors (Lipinski definition) is 0. The van der Waals surface area contributed by atoms with E-state index >= 15 is 0 Å². The number of aromatic nitrogens is 3. The van der Waals surface area contributed by atoms with Crippen molar-refractivity contribution in [1.29, 1.82) is 0 Å². The van der Waals surface area contributed by atoms with Gasteiger partial charge < -0.3 is 14.2 Å². The summed E-state index contributed by atoms with van der Waals surface area (Å²) >= 11 is 0. The van der Waals surface area contributed by atoms with Gasteiger partial charge in [0.1, 0.15) is 12.2 Å². The van der Waals surface area contributed by atoms with Crippen molar-refractivity contribution < 1.29 is 14.2 Å². The fourth-order valence-corrected chi connectivity index (χ4v) is 5.70. The van der Waals surface area contributed by atoms with E-state index in [1.54, 1.807) is 0 Å². The molecule has 3 heterocycles. The fourth-order valence-electron chi connectivity index (χ4n) is 4.94. The highest BCUT2D eigenvalue weighted by atomic mass is 28.3. The fraction of sp³-hybridized carbons (Fsp3) is 0.375. The lowest BCUT2D eigenvalue weighted by molar-refractivity contribution is -0.149. The summed E-state index contributed by atoms with van der Waals surface area (Å²) in [7, 11) is -1.19. The summed E-state index contributed by atoms with van der Waals surface area (Å²) in [5.74, 6) is -0.693. The van der Waals surface area contributed by atoms with Gasteiger partial charge in [0.25, 0.3) is 0 Å². The third kappa shape index (κ3) is 6.22. The highest BCUT2D eigenvalue weighted by Gasteiger charge is 2.33. The van der Waals surface area contributed by atoms with Gasteiger partial charge in [0, 0.05) is 25.8 Å². The second-order valence-corrected chi connectivity index (χ2v) is 17.0. The van der Waals surface area contributed by atoms with E-state index in [0.29, 0.717) is 19.9 Å². The Balaban J connectivity index is 1.54. The first kappa shape index (κ1) is 27.5. The first-order chi connectivity index (χ1) is 18.8. The number of nitrogens with zero attached hydrogens (tertiary/aromatic N) is 3. The standard InChI is InChI=1S/C32H39N3O3Si/c1-6-28-29-31(33-22-27(34-29)17-12-24-10-8-7-9-11-24)35(23-36-20-21-39(3,4)5)30(28)25-13-15-26(16-14-25)32(2)37-18-19-38-32/h7-17,22H,6,18-21,23H2,1-5H3/b17-12+. The smallest absolute Gasteiger partial charge is 0.192 e. The third-order valence-corrected chi connectivity index (χ3v) is 8.91. The van der Waals surface area contributed by atoms with Crippen LogP contribution in [0.3, 0.4) is 0 Å². The topological polar surface area (TPSA) is 58.4 Å². The van der Waals surface area contributed by atoms with E-state index in [0.717, 1.165) is 58.3 Å². The van der Waals surface area contributed by atoms with E-state index in [2.05, 4.69) is 73.6 Å². The van der Waals surface area contributed by atoms with Crippen LogP contribution in [-0.2, 0) is 33.1 Å². The monoisotopic (exact) mass is 541 g/mol. The van der Waals surface area contributed by atoms with Crippen molar-refractivity contribution in [2.75, 3.05) is 19.8 Å². The van der Waals surface area contributed by atoms with E-state index < -0.39 is 13.9 Å². The molecule has 2 aromatic carbocycles. The summed E-state index contributed by atoms with van der Waals surface area (Å²) in [6.45, 7) is 13.7. The lowest BCUT2D eigenvalue weighted by Crippen LogP contribution is -2.22. The first-order valence-electron chi connectivity index (χ1n) is 13.9. The average Bonchev–Trinajstić information content (AvgIpc) is 3.51. The van der Waals surface area contributed by atoms with E-state index in [4.69, 9.17) is 24.2 Å². The molecule has 0 saturated carbocycles. The average molecular weight is 542 g/mol. The molecule has 204 valence electrons. The van der Waals surface area contributed by atoms with Crippen LogP contribution in [0.1, 0.15) is 36.2 Å². The van der Waals surface area contributed by atoms with Gasteiger partial charge in [0.2, 0.25) is 0 Å². The zero-order valence-electron chi connectivity index (χ0n) is 23.7. The zero-order chi connectivity index (χ0) is 27.5. The van der Waals surface area contributed by atoms with E-state index in [-0.39, 0.29) is 0 Å². The van der Waals surface area contributed by atoms with Crippen LogP contribution in [-0.4, -0.2) is 42.4 Å². The molecule has 0 unspecified atom stereocenters. The molecule has 6 nitrogen and oxygen atoms in total. The normalized spacial score (nSPS) is 15.5. The number of hydrogen-bond acceptors (Lipinski definition) is 5. The van der Waals surface area contributed by atoms with Gasteiger partial charge in [0.15, 0.2) is 11.4 Å². The van der Waals surface area contributed by atoms with E-state index in [9.17, 15) is 0 Å². The van der Waals surface area contributed by atoms with Gasteiger partial charge in [-0.1, -0.05) is 87.2 Å². The summed E-state index contributed by atoms with van der Waals surface area (Å²) in [6.07, 6.45) is 6.79. The lowest BCUT2D eigenvalue weighted by atomic mass is 10.0. The number of rotatable bonds is 10. The predicted molar refractivity (Wildman–Crippen MR) is 161 cm³/mol. The molecule has 0 radical (unpaired) electrons. The van der Waals surface area contributed by atoms with Crippen molar-refractivity contribution in [3.63, 3.8) is 0 Å². The Morgan fingerprint density at radius 3 is 2.38 bits per heavy atom. The number of aryl methyl sites for hydroxylation is 1. The molecule has 0 aliphatic carbocycles. The van der Waals surface area contributed by atoms with Gasteiger partial charge in [-0.25, -0.2) is 9.97 Å². The van der Waals surface area contributed by atoms with Crippen LogP contribution >= 0.6 is 0 Å². The molecule has 7 heteroatoms.